The number of halogens is 2. The Bertz CT molecular complexity index is 262. The minimum Gasteiger partial charge on any atom is -0.191 e. The van der Waals surface area contributed by atoms with Crippen LogP contribution in [0.5, 0.6) is 0 Å². The SMILES string of the molecule is N#Cc1snc(I)c1I. The van der Waals surface area contributed by atoms with E-state index in [0.717, 1.165) is 7.27 Å². The van der Waals surface area contributed by atoms with E-state index in [0.29, 0.717) is 4.88 Å². The Kier molecular flexibility index (Phi) is 2.66. The third kappa shape index (κ3) is 1.53. The first-order valence-corrected chi connectivity index (χ1v) is 4.89. The van der Waals surface area contributed by atoms with Gasteiger partial charge in [0.05, 0.1) is 3.57 Å². The molecular weight excluding hydrogens is 362 g/mol. The Morgan fingerprint density at radius 2 is 2.22 bits per heavy atom. The Morgan fingerprint density at radius 3 is 2.44 bits per heavy atom. The molecule has 0 atom stereocenters. The molecule has 0 saturated heterocycles. The van der Waals surface area contributed by atoms with Crippen LogP contribution < -0.4 is 0 Å². The zero-order chi connectivity index (χ0) is 6.85. The number of hydrogen-bond acceptors (Lipinski definition) is 3. The first-order chi connectivity index (χ1) is 4.25. The molecule has 0 radical (unpaired) electrons. The van der Waals surface area contributed by atoms with Crippen molar-refractivity contribution < 1.29 is 0 Å². The van der Waals surface area contributed by atoms with Gasteiger partial charge in [0.15, 0.2) is 0 Å². The smallest absolute Gasteiger partial charge is 0.139 e. The molecular formula is C4I2N2S. The van der Waals surface area contributed by atoms with Gasteiger partial charge >= 0.3 is 0 Å². The zero-order valence-electron chi connectivity index (χ0n) is 4.06. The summed E-state index contributed by atoms with van der Waals surface area (Å²) < 4.78 is 5.88. The molecule has 2 nitrogen and oxygen atoms in total. The molecule has 1 aromatic rings. The van der Waals surface area contributed by atoms with E-state index in [2.05, 4.69) is 55.6 Å². The van der Waals surface area contributed by atoms with Crippen LogP contribution in [-0.4, -0.2) is 4.37 Å². The molecule has 5 heteroatoms. The predicted octanol–water partition coefficient (Wildman–Crippen LogP) is 2.22. The largest absolute Gasteiger partial charge is 0.191 e. The Hall–Kier alpha value is 0.580. The van der Waals surface area contributed by atoms with Gasteiger partial charge < -0.3 is 0 Å². The van der Waals surface area contributed by atoms with Crippen LogP contribution in [-0.2, 0) is 0 Å². The number of nitriles is 1. The van der Waals surface area contributed by atoms with Crippen molar-refractivity contribution in [2.45, 2.75) is 0 Å². The summed E-state index contributed by atoms with van der Waals surface area (Å²) in [6.45, 7) is 0. The molecule has 0 aliphatic rings. The van der Waals surface area contributed by atoms with Gasteiger partial charge in [-0.3, -0.25) is 0 Å². The lowest BCUT2D eigenvalue weighted by molar-refractivity contribution is 1.45. The third-order valence-electron chi connectivity index (χ3n) is 0.699. The lowest BCUT2D eigenvalue weighted by Crippen LogP contribution is -1.72. The summed E-state index contributed by atoms with van der Waals surface area (Å²) in [6, 6.07) is 2.06. The van der Waals surface area contributed by atoms with Crippen LogP contribution in [0.1, 0.15) is 4.88 Å². The second-order valence-electron chi connectivity index (χ2n) is 1.23. The van der Waals surface area contributed by atoms with Gasteiger partial charge in [0.2, 0.25) is 0 Å². The number of nitrogens with zero attached hydrogens (tertiary/aromatic N) is 2. The molecule has 1 heterocycles. The van der Waals surface area contributed by atoms with Gasteiger partial charge in [0.25, 0.3) is 0 Å². The Morgan fingerprint density at radius 1 is 1.56 bits per heavy atom. The maximum Gasteiger partial charge on any atom is 0.139 e. The Balaban J connectivity index is 3.24. The predicted molar refractivity (Wildman–Crippen MR) is 52.3 cm³/mol. The van der Waals surface area contributed by atoms with Gasteiger partial charge in [-0.1, -0.05) is 0 Å². The molecule has 1 rings (SSSR count). The van der Waals surface area contributed by atoms with Crippen LogP contribution in [0.4, 0.5) is 0 Å². The van der Waals surface area contributed by atoms with Crippen LogP contribution in [0.3, 0.4) is 0 Å². The summed E-state index contributed by atoms with van der Waals surface area (Å²) in [5, 5.41) is 8.44. The molecule has 0 fully saturated rings. The van der Waals surface area contributed by atoms with Crippen molar-refractivity contribution in [1.29, 1.82) is 5.26 Å². The summed E-state index contributed by atoms with van der Waals surface area (Å²) in [4.78, 5) is 0.708. The molecule has 0 amide bonds. The van der Waals surface area contributed by atoms with Crippen molar-refractivity contribution in [3.63, 3.8) is 0 Å². The standard InChI is InChI=1S/C4I2N2S/c5-3-2(1-7)9-8-4(3)6. The van der Waals surface area contributed by atoms with Crippen LogP contribution in [0.25, 0.3) is 0 Å². The topological polar surface area (TPSA) is 36.7 Å². The average Bonchev–Trinajstić information content (AvgIpc) is 2.15. The zero-order valence-corrected chi connectivity index (χ0v) is 9.19. The number of aromatic nitrogens is 1. The van der Waals surface area contributed by atoms with Crippen LogP contribution in [0.15, 0.2) is 0 Å². The minimum absolute atomic E-state index is 0.708. The van der Waals surface area contributed by atoms with Crippen molar-refractivity contribution in [3.05, 3.63) is 12.1 Å². The Labute approximate surface area is 83.7 Å². The van der Waals surface area contributed by atoms with Crippen LogP contribution in [0, 0.1) is 18.6 Å². The molecule has 0 aromatic carbocycles. The number of hydrogen-bond donors (Lipinski definition) is 0. The fourth-order valence-electron chi connectivity index (χ4n) is 0.329. The van der Waals surface area contributed by atoms with Crippen molar-refractivity contribution in [1.82, 2.24) is 4.37 Å². The van der Waals surface area contributed by atoms with Crippen LogP contribution >= 0.6 is 56.7 Å². The number of rotatable bonds is 0. The average molecular weight is 362 g/mol. The molecule has 0 aliphatic heterocycles. The second-order valence-corrected chi connectivity index (χ2v) is 4.10. The van der Waals surface area contributed by atoms with Crippen molar-refractivity contribution in [2.24, 2.45) is 0 Å². The fourth-order valence-corrected chi connectivity index (χ4v) is 2.26. The fraction of sp³-hybridized carbons (Fsp3) is 0. The quantitative estimate of drug-likeness (QED) is 0.664. The molecule has 0 spiro atoms. The van der Waals surface area contributed by atoms with Gasteiger partial charge in [-0.2, -0.15) is 9.64 Å². The van der Waals surface area contributed by atoms with Crippen molar-refractivity contribution in [3.8, 4) is 6.07 Å². The van der Waals surface area contributed by atoms with Gasteiger partial charge in [-0.15, -0.1) is 0 Å². The van der Waals surface area contributed by atoms with E-state index in [9.17, 15) is 0 Å². The van der Waals surface area contributed by atoms with Gasteiger partial charge in [-0.25, -0.2) is 0 Å². The van der Waals surface area contributed by atoms with Crippen molar-refractivity contribution >= 4 is 56.7 Å². The van der Waals surface area contributed by atoms with Gasteiger partial charge in [0.1, 0.15) is 14.6 Å². The highest BCUT2D eigenvalue weighted by Gasteiger charge is 2.05. The molecule has 46 valence electrons. The summed E-state index contributed by atoms with van der Waals surface area (Å²) >= 11 is 5.48. The first-order valence-electron chi connectivity index (χ1n) is 1.96. The maximum absolute atomic E-state index is 8.44. The second kappa shape index (κ2) is 3.12. The minimum atomic E-state index is 0.708. The van der Waals surface area contributed by atoms with Gasteiger partial charge in [-0.05, 0) is 56.7 Å². The summed E-state index contributed by atoms with van der Waals surface area (Å²) in [5.74, 6) is 0. The summed E-state index contributed by atoms with van der Waals surface area (Å²) in [7, 11) is 0. The molecule has 0 N–H and O–H groups in total. The van der Waals surface area contributed by atoms with E-state index in [4.69, 9.17) is 5.26 Å². The first kappa shape index (κ1) is 7.68. The van der Waals surface area contributed by atoms with E-state index >= 15 is 0 Å². The molecule has 0 aliphatic carbocycles. The van der Waals surface area contributed by atoms with E-state index < -0.39 is 0 Å². The third-order valence-corrected chi connectivity index (χ3v) is 5.01. The lowest BCUT2D eigenvalue weighted by atomic mass is 10.5. The molecule has 9 heavy (non-hydrogen) atoms. The highest BCUT2D eigenvalue weighted by molar-refractivity contribution is 14.1. The molecule has 0 bridgehead atoms. The molecule has 1 aromatic heterocycles. The van der Waals surface area contributed by atoms with E-state index in [1.807, 2.05) is 0 Å². The highest BCUT2D eigenvalue weighted by atomic mass is 127. The highest BCUT2D eigenvalue weighted by Crippen LogP contribution is 2.20. The summed E-state index contributed by atoms with van der Waals surface area (Å²) in [5.41, 5.74) is 0. The van der Waals surface area contributed by atoms with Crippen LogP contribution in [0.2, 0.25) is 0 Å². The normalized spacial score (nSPS) is 9.00. The maximum atomic E-state index is 8.44. The van der Waals surface area contributed by atoms with Gasteiger partial charge in [0, 0.05) is 0 Å². The van der Waals surface area contributed by atoms with E-state index in [1.54, 1.807) is 0 Å². The molecule has 0 saturated carbocycles. The molecule has 0 unspecified atom stereocenters. The van der Waals surface area contributed by atoms with E-state index in [-0.39, 0.29) is 0 Å². The van der Waals surface area contributed by atoms with E-state index in [1.165, 1.54) is 11.5 Å². The lowest BCUT2D eigenvalue weighted by Gasteiger charge is -1.77. The monoisotopic (exact) mass is 362 g/mol. The summed E-state index contributed by atoms with van der Waals surface area (Å²) in [6.07, 6.45) is 0. The van der Waals surface area contributed by atoms with Crippen molar-refractivity contribution in [2.75, 3.05) is 0 Å².